The van der Waals surface area contributed by atoms with E-state index in [2.05, 4.69) is 33.9 Å². The molecular weight excluding hydrogens is 240 g/mol. The van der Waals surface area contributed by atoms with Crippen molar-refractivity contribution in [2.24, 2.45) is 0 Å². The summed E-state index contributed by atoms with van der Waals surface area (Å²) in [6, 6.07) is 0. The Kier molecular flexibility index (Phi) is 7.10. The van der Waals surface area contributed by atoms with E-state index in [4.69, 9.17) is 4.43 Å². The van der Waals surface area contributed by atoms with Crippen molar-refractivity contribution < 1.29 is 9.22 Å². The Labute approximate surface area is 113 Å². The monoisotopic (exact) mass is 266 g/mol. The van der Waals surface area contributed by atoms with E-state index in [-0.39, 0.29) is 5.04 Å². The van der Waals surface area contributed by atoms with E-state index in [1.54, 1.807) is 6.08 Å². The Morgan fingerprint density at radius 2 is 1.78 bits per heavy atom. The minimum atomic E-state index is -1.78. The molecule has 0 saturated heterocycles. The summed E-state index contributed by atoms with van der Waals surface area (Å²) in [5.74, 6) is 0. The summed E-state index contributed by atoms with van der Waals surface area (Å²) >= 11 is 0. The molecule has 0 radical (unpaired) electrons. The molecule has 3 heteroatoms. The van der Waals surface area contributed by atoms with Crippen LogP contribution >= 0.6 is 0 Å². The molecule has 0 N–H and O–H groups in total. The first-order valence-corrected chi connectivity index (χ1v) is 9.23. The molecule has 0 spiro atoms. The van der Waals surface area contributed by atoms with Crippen molar-refractivity contribution in [3.8, 4) is 0 Å². The smallest absolute Gasteiger partial charge is 0.192 e. The van der Waals surface area contributed by atoms with Gasteiger partial charge in [0.2, 0.25) is 0 Å². The molecule has 0 bridgehead atoms. The van der Waals surface area contributed by atoms with Gasteiger partial charge in [-0.25, -0.2) is 0 Å². The quantitative estimate of drug-likeness (QED) is 0.311. The van der Waals surface area contributed by atoms with Crippen molar-refractivity contribution in [2.75, 3.05) is 6.61 Å². The summed E-state index contributed by atoms with van der Waals surface area (Å²) in [4.78, 5) is 11.0. The van der Waals surface area contributed by atoms with E-state index >= 15 is 0 Å². The van der Waals surface area contributed by atoms with Gasteiger partial charge in [0.25, 0.3) is 0 Å². The molecule has 0 aliphatic rings. The van der Waals surface area contributed by atoms with Crippen molar-refractivity contribution in [1.29, 1.82) is 0 Å². The van der Waals surface area contributed by atoms with Gasteiger partial charge in [0.05, 0.1) is 6.61 Å². The zero-order chi connectivity index (χ0) is 14.2. The molecule has 0 unspecified atom stereocenters. The third-order valence-corrected chi connectivity index (χ3v) is 7.76. The van der Waals surface area contributed by atoms with Crippen LogP contribution in [0.5, 0.6) is 0 Å². The third-order valence-electron chi connectivity index (χ3n) is 3.28. The summed E-state index contributed by atoms with van der Waals surface area (Å²) < 4.78 is 5.99. The van der Waals surface area contributed by atoms with Crippen molar-refractivity contribution in [1.82, 2.24) is 0 Å². The fourth-order valence-electron chi connectivity index (χ4n) is 0.956. The Morgan fingerprint density at radius 3 is 2.22 bits per heavy atom. The predicted molar refractivity (Wildman–Crippen MR) is 81.3 cm³/mol. The van der Waals surface area contributed by atoms with Crippen LogP contribution in [0.3, 0.4) is 0 Å². The van der Waals surface area contributed by atoms with E-state index in [0.717, 1.165) is 6.29 Å². The summed E-state index contributed by atoms with van der Waals surface area (Å²) in [6.45, 7) is 13.3. The number of aldehydes is 1. The number of carbonyl (C=O) groups excluding carboxylic acids is 1. The lowest BCUT2D eigenvalue weighted by molar-refractivity contribution is -0.105. The molecule has 2 nitrogen and oxygen atoms in total. The molecule has 0 saturated carbocycles. The molecule has 0 aromatic heterocycles. The van der Waals surface area contributed by atoms with E-state index in [1.165, 1.54) is 0 Å². The summed E-state index contributed by atoms with van der Waals surface area (Å²) in [5, 5.41) is 0.168. The second kappa shape index (κ2) is 7.49. The molecular formula is C15H26O2Si. The highest BCUT2D eigenvalue weighted by molar-refractivity contribution is 6.74. The van der Waals surface area contributed by atoms with Crippen LogP contribution < -0.4 is 0 Å². The molecule has 0 aromatic carbocycles. The van der Waals surface area contributed by atoms with Crippen LogP contribution in [-0.2, 0) is 9.22 Å². The summed E-state index contributed by atoms with van der Waals surface area (Å²) in [7, 11) is -1.78. The molecule has 0 aromatic rings. The van der Waals surface area contributed by atoms with Crippen molar-refractivity contribution in [3.63, 3.8) is 0 Å². The van der Waals surface area contributed by atoms with Gasteiger partial charge in [0, 0.05) is 5.57 Å². The first kappa shape index (κ1) is 17.1. The number of hydrogen-bond acceptors (Lipinski definition) is 2. The number of hydrogen-bond donors (Lipinski definition) is 0. The van der Waals surface area contributed by atoms with Crippen LogP contribution in [0.4, 0.5) is 0 Å². The number of rotatable bonds is 6. The molecule has 102 valence electrons. The molecule has 18 heavy (non-hydrogen) atoms. The van der Waals surface area contributed by atoms with Crippen LogP contribution in [0.2, 0.25) is 18.1 Å². The van der Waals surface area contributed by atoms with Crippen LogP contribution in [0.25, 0.3) is 0 Å². The summed E-state index contributed by atoms with van der Waals surface area (Å²) in [6.07, 6.45) is 10.3. The highest BCUT2D eigenvalue weighted by Crippen LogP contribution is 2.36. The molecule has 0 rings (SSSR count). The van der Waals surface area contributed by atoms with Gasteiger partial charge in [0.1, 0.15) is 6.29 Å². The highest BCUT2D eigenvalue weighted by atomic mass is 28.4. The first-order chi connectivity index (χ1) is 8.24. The van der Waals surface area contributed by atoms with Crippen molar-refractivity contribution in [3.05, 3.63) is 36.0 Å². The van der Waals surface area contributed by atoms with E-state index in [0.29, 0.717) is 12.2 Å². The highest BCUT2D eigenvalue weighted by Gasteiger charge is 2.37. The average molecular weight is 266 g/mol. The Balaban J connectivity index is 4.54. The zero-order valence-electron chi connectivity index (χ0n) is 12.5. The third kappa shape index (κ3) is 6.12. The van der Waals surface area contributed by atoms with Gasteiger partial charge in [-0.15, -0.1) is 0 Å². The number of allylic oxidation sites excluding steroid dienone is 5. The lowest BCUT2D eigenvalue weighted by Gasteiger charge is -2.36. The molecule has 0 aliphatic carbocycles. The van der Waals surface area contributed by atoms with Gasteiger partial charge >= 0.3 is 0 Å². The zero-order valence-corrected chi connectivity index (χ0v) is 13.5. The Morgan fingerprint density at radius 1 is 1.17 bits per heavy atom. The fraction of sp³-hybridized carbons (Fsp3) is 0.533. The Bertz CT molecular complexity index is 344. The Hall–Kier alpha value is -0.933. The molecule has 0 atom stereocenters. The lowest BCUT2D eigenvalue weighted by Crippen LogP contribution is -2.41. The number of carbonyl (C=O) groups is 1. The normalized spacial score (nSPS) is 14.7. The van der Waals surface area contributed by atoms with Crippen LogP contribution in [-0.4, -0.2) is 21.2 Å². The second-order valence-corrected chi connectivity index (χ2v) is 10.6. The van der Waals surface area contributed by atoms with Gasteiger partial charge in [-0.1, -0.05) is 51.2 Å². The maximum absolute atomic E-state index is 11.0. The van der Waals surface area contributed by atoms with Crippen molar-refractivity contribution in [2.45, 2.75) is 45.8 Å². The lowest BCUT2D eigenvalue weighted by atomic mass is 10.2. The molecule has 0 amide bonds. The first-order valence-electron chi connectivity index (χ1n) is 6.32. The van der Waals surface area contributed by atoms with Gasteiger partial charge in [-0.3, -0.25) is 4.79 Å². The topological polar surface area (TPSA) is 26.3 Å². The van der Waals surface area contributed by atoms with Gasteiger partial charge < -0.3 is 4.43 Å². The predicted octanol–water partition coefficient (Wildman–Crippen LogP) is 4.27. The van der Waals surface area contributed by atoms with Crippen LogP contribution in [0.1, 0.15) is 27.7 Å². The SMILES string of the molecule is C/C=C/C=C/C=C(\C=O)CO[Si](C)(C)C(C)(C)C. The van der Waals surface area contributed by atoms with E-state index < -0.39 is 8.32 Å². The van der Waals surface area contributed by atoms with E-state index in [9.17, 15) is 4.79 Å². The fourth-order valence-corrected chi connectivity index (χ4v) is 1.92. The van der Waals surface area contributed by atoms with Gasteiger partial charge in [0.15, 0.2) is 8.32 Å². The standard InChI is InChI=1S/C15H26O2Si/c1-7-8-9-10-11-14(12-16)13-17-18(5,6)15(2,3)4/h7-12H,13H2,1-6H3/b8-7+,10-9+,14-11+. The largest absolute Gasteiger partial charge is 0.412 e. The van der Waals surface area contributed by atoms with Crippen LogP contribution in [0, 0.1) is 0 Å². The average Bonchev–Trinajstić information content (AvgIpc) is 2.26. The van der Waals surface area contributed by atoms with Gasteiger partial charge in [-0.05, 0) is 25.1 Å². The van der Waals surface area contributed by atoms with Gasteiger partial charge in [-0.2, -0.15) is 0 Å². The minimum absolute atomic E-state index is 0.168. The molecule has 0 aliphatic heterocycles. The van der Waals surface area contributed by atoms with E-state index in [1.807, 2.05) is 31.2 Å². The molecule has 0 heterocycles. The molecule has 0 fully saturated rings. The van der Waals surface area contributed by atoms with Crippen LogP contribution in [0.15, 0.2) is 36.0 Å². The minimum Gasteiger partial charge on any atom is -0.412 e. The summed E-state index contributed by atoms with van der Waals surface area (Å²) in [5.41, 5.74) is 0.681. The van der Waals surface area contributed by atoms with Crippen molar-refractivity contribution >= 4 is 14.6 Å². The maximum Gasteiger partial charge on any atom is 0.192 e. The maximum atomic E-state index is 11.0. The second-order valence-electron chi connectivity index (χ2n) is 5.82.